The van der Waals surface area contributed by atoms with Gasteiger partial charge in [-0.15, -0.1) is 0 Å². The first-order valence-electron chi connectivity index (χ1n) is 5.18. The fourth-order valence-electron chi connectivity index (χ4n) is 1.16. The Labute approximate surface area is 104 Å². The quantitative estimate of drug-likeness (QED) is 0.754. The number of nitriles is 1. The van der Waals surface area contributed by atoms with Crippen molar-refractivity contribution in [3.63, 3.8) is 0 Å². The Morgan fingerprint density at radius 2 is 2.12 bits per heavy atom. The van der Waals surface area contributed by atoms with Crippen LogP contribution in [0.5, 0.6) is 5.75 Å². The van der Waals surface area contributed by atoms with Crippen molar-refractivity contribution in [2.45, 2.75) is 13.3 Å². The molecule has 0 heterocycles. The summed E-state index contributed by atoms with van der Waals surface area (Å²) in [5.41, 5.74) is 0.540. The van der Waals surface area contributed by atoms with Gasteiger partial charge in [-0.2, -0.15) is 5.26 Å². The summed E-state index contributed by atoms with van der Waals surface area (Å²) in [6, 6.07) is 7.43. The summed E-state index contributed by atoms with van der Waals surface area (Å²) in [5.74, 6) is 0.594. The van der Waals surface area contributed by atoms with Crippen molar-refractivity contribution in [2.24, 2.45) is 0 Å². The summed E-state index contributed by atoms with van der Waals surface area (Å²) in [4.78, 5) is 0. The molecule has 0 saturated heterocycles. The van der Waals surface area contributed by atoms with Gasteiger partial charge in [0.15, 0.2) is 0 Å². The van der Waals surface area contributed by atoms with Crippen LogP contribution in [-0.2, 0) is 4.74 Å². The third-order valence-corrected chi connectivity index (χ3v) is 2.39. The maximum Gasteiger partial charge on any atom is 0.138 e. The fraction of sp³-hybridized carbons (Fsp3) is 0.417. The van der Waals surface area contributed by atoms with Crippen LogP contribution in [0.1, 0.15) is 18.9 Å². The van der Waals surface area contributed by atoms with Crippen molar-refractivity contribution in [2.75, 3.05) is 19.8 Å². The highest BCUT2D eigenvalue weighted by molar-refractivity contribution is 9.10. The average molecular weight is 284 g/mol. The largest absolute Gasteiger partial charge is 0.490 e. The van der Waals surface area contributed by atoms with Crippen LogP contribution in [0.15, 0.2) is 22.7 Å². The number of hydrogen-bond acceptors (Lipinski definition) is 3. The predicted molar refractivity (Wildman–Crippen MR) is 65.5 cm³/mol. The molecule has 0 saturated carbocycles. The normalized spacial score (nSPS) is 9.81. The van der Waals surface area contributed by atoms with Crippen molar-refractivity contribution < 1.29 is 9.47 Å². The Bertz CT molecular complexity index is 374. The molecule has 0 radical (unpaired) electrons. The van der Waals surface area contributed by atoms with E-state index in [2.05, 4.69) is 28.9 Å². The van der Waals surface area contributed by atoms with Gasteiger partial charge in [-0.3, -0.25) is 0 Å². The minimum Gasteiger partial charge on any atom is -0.490 e. The van der Waals surface area contributed by atoms with E-state index < -0.39 is 0 Å². The maximum absolute atomic E-state index is 8.87. The topological polar surface area (TPSA) is 42.2 Å². The van der Waals surface area contributed by atoms with E-state index in [0.717, 1.165) is 17.5 Å². The third kappa shape index (κ3) is 4.21. The van der Waals surface area contributed by atoms with Gasteiger partial charge in [0.1, 0.15) is 18.4 Å². The van der Waals surface area contributed by atoms with Crippen LogP contribution in [0.2, 0.25) is 0 Å². The van der Waals surface area contributed by atoms with E-state index >= 15 is 0 Å². The summed E-state index contributed by atoms with van der Waals surface area (Å²) in [6.07, 6.45) is 1.00. The van der Waals surface area contributed by atoms with Crippen molar-refractivity contribution in [3.05, 3.63) is 28.2 Å². The van der Waals surface area contributed by atoms with Gasteiger partial charge in [-0.05, 0) is 24.6 Å². The molecule has 86 valence electrons. The van der Waals surface area contributed by atoms with Crippen LogP contribution in [0.25, 0.3) is 0 Å². The Balaban J connectivity index is 2.46. The molecule has 16 heavy (non-hydrogen) atoms. The zero-order chi connectivity index (χ0) is 11.8. The number of hydrogen-bond donors (Lipinski definition) is 0. The van der Waals surface area contributed by atoms with E-state index in [1.807, 2.05) is 6.07 Å². The molecular weight excluding hydrogens is 270 g/mol. The van der Waals surface area contributed by atoms with Crippen LogP contribution in [0.4, 0.5) is 0 Å². The molecule has 1 aromatic rings. The average Bonchev–Trinajstić information content (AvgIpc) is 2.29. The second-order valence-corrected chi connectivity index (χ2v) is 4.13. The van der Waals surface area contributed by atoms with Gasteiger partial charge in [-0.25, -0.2) is 0 Å². The second kappa shape index (κ2) is 7.26. The maximum atomic E-state index is 8.87. The molecule has 0 N–H and O–H groups in total. The highest BCUT2D eigenvalue weighted by Crippen LogP contribution is 2.22. The van der Waals surface area contributed by atoms with Crippen molar-refractivity contribution in [1.29, 1.82) is 5.26 Å². The molecule has 0 unspecified atom stereocenters. The van der Waals surface area contributed by atoms with Gasteiger partial charge >= 0.3 is 0 Å². The lowest BCUT2D eigenvalue weighted by molar-refractivity contribution is 0.100. The number of halogens is 1. The van der Waals surface area contributed by atoms with E-state index in [4.69, 9.17) is 14.7 Å². The molecule has 0 spiro atoms. The lowest BCUT2D eigenvalue weighted by Crippen LogP contribution is -2.07. The molecule has 0 aliphatic rings. The van der Waals surface area contributed by atoms with Gasteiger partial charge in [0, 0.05) is 11.1 Å². The molecule has 0 aliphatic heterocycles. The van der Waals surface area contributed by atoms with E-state index in [1.54, 1.807) is 12.1 Å². The molecule has 0 amide bonds. The van der Waals surface area contributed by atoms with Crippen molar-refractivity contribution >= 4 is 15.9 Å². The minimum atomic E-state index is 0.463. The summed E-state index contributed by atoms with van der Waals surface area (Å²) < 4.78 is 11.7. The molecule has 0 atom stereocenters. The molecule has 0 fully saturated rings. The van der Waals surface area contributed by atoms with Gasteiger partial charge in [0.2, 0.25) is 0 Å². The second-order valence-electron chi connectivity index (χ2n) is 3.21. The molecule has 0 aromatic heterocycles. The van der Waals surface area contributed by atoms with Gasteiger partial charge in [-0.1, -0.05) is 22.9 Å². The Morgan fingerprint density at radius 3 is 2.81 bits per heavy atom. The molecule has 3 nitrogen and oxygen atoms in total. The Hall–Kier alpha value is -1.05. The highest BCUT2D eigenvalue weighted by atomic mass is 79.9. The lowest BCUT2D eigenvalue weighted by Gasteiger charge is -2.08. The fourth-order valence-corrected chi connectivity index (χ4v) is 1.50. The van der Waals surface area contributed by atoms with Gasteiger partial charge in [0.25, 0.3) is 0 Å². The number of rotatable bonds is 6. The van der Waals surface area contributed by atoms with Gasteiger partial charge in [0.05, 0.1) is 12.2 Å². The predicted octanol–water partition coefficient (Wildman–Crippen LogP) is 3.13. The first-order valence-corrected chi connectivity index (χ1v) is 5.97. The molecule has 1 aromatic carbocycles. The zero-order valence-corrected chi connectivity index (χ0v) is 10.8. The smallest absolute Gasteiger partial charge is 0.138 e. The van der Waals surface area contributed by atoms with E-state index in [1.165, 1.54) is 0 Å². The first-order chi connectivity index (χ1) is 7.77. The Kier molecular flexibility index (Phi) is 5.91. The van der Waals surface area contributed by atoms with Crippen LogP contribution >= 0.6 is 15.9 Å². The van der Waals surface area contributed by atoms with Gasteiger partial charge < -0.3 is 9.47 Å². The van der Waals surface area contributed by atoms with E-state index in [-0.39, 0.29) is 0 Å². The lowest BCUT2D eigenvalue weighted by atomic mass is 10.2. The Morgan fingerprint density at radius 1 is 1.31 bits per heavy atom. The number of ether oxygens (including phenoxy) is 2. The number of benzene rings is 1. The molecular formula is C12H14BrNO2. The number of nitrogens with zero attached hydrogens (tertiary/aromatic N) is 1. The van der Waals surface area contributed by atoms with Crippen molar-refractivity contribution in [3.8, 4) is 11.8 Å². The zero-order valence-electron chi connectivity index (χ0n) is 9.20. The molecule has 0 aliphatic carbocycles. The van der Waals surface area contributed by atoms with Crippen LogP contribution in [-0.4, -0.2) is 19.8 Å². The summed E-state index contributed by atoms with van der Waals surface area (Å²) >= 11 is 3.34. The van der Waals surface area contributed by atoms with E-state index in [0.29, 0.717) is 24.5 Å². The summed E-state index contributed by atoms with van der Waals surface area (Å²) in [5, 5.41) is 8.87. The van der Waals surface area contributed by atoms with Crippen molar-refractivity contribution in [1.82, 2.24) is 0 Å². The van der Waals surface area contributed by atoms with E-state index in [9.17, 15) is 0 Å². The molecule has 0 bridgehead atoms. The minimum absolute atomic E-state index is 0.463. The van der Waals surface area contributed by atoms with Crippen LogP contribution in [0.3, 0.4) is 0 Å². The van der Waals surface area contributed by atoms with Crippen LogP contribution in [0, 0.1) is 11.3 Å². The first kappa shape index (κ1) is 13.0. The third-order valence-electron chi connectivity index (χ3n) is 1.90. The standard InChI is InChI=1S/C12H14BrNO2/c1-2-5-15-6-7-16-12-8-11(13)4-3-10(12)9-14/h3-4,8H,2,5-7H2,1H3. The highest BCUT2D eigenvalue weighted by Gasteiger charge is 2.03. The summed E-state index contributed by atoms with van der Waals surface area (Å²) in [6.45, 7) is 3.81. The van der Waals surface area contributed by atoms with Crippen LogP contribution < -0.4 is 4.74 Å². The monoisotopic (exact) mass is 283 g/mol. The SMILES string of the molecule is CCCOCCOc1cc(Br)ccc1C#N. The molecule has 1 rings (SSSR count). The summed E-state index contributed by atoms with van der Waals surface area (Å²) in [7, 11) is 0. The molecule has 4 heteroatoms.